The highest BCUT2D eigenvalue weighted by Crippen LogP contribution is 2.29. The highest BCUT2D eigenvalue weighted by molar-refractivity contribution is 7.20. The van der Waals surface area contributed by atoms with E-state index in [4.69, 9.17) is 4.74 Å². The first-order valence-electron chi connectivity index (χ1n) is 8.01. The Bertz CT molecular complexity index is 923. The van der Waals surface area contributed by atoms with Crippen LogP contribution < -0.4 is 0 Å². The van der Waals surface area contributed by atoms with E-state index >= 15 is 0 Å². The van der Waals surface area contributed by atoms with Crippen LogP contribution in [-0.4, -0.2) is 16.7 Å². The molecule has 0 amide bonds. The second-order valence-electron chi connectivity index (χ2n) is 6.84. The zero-order valence-electron chi connectivity index (χ0n) is 14.4. The van der Waals surface area contributed by atoms with E-state index < -0.39 is 5.41 Å². The molecule has 0 aliphatic heterocycles. The molecule has 0 spiro atoms. The molecule has 3 rings (SSSR count). The van der Waals surface area contributed by atoms with Crippen molar-refractivity contribution in [3.8, 4) is 0 Å². The van der Waals surface area contributed by atoms with Gasteiger partial charge >= 0.3 is 5.97 Å². The number of hydrogen-bond acceptors (Lipinski definition) is 5. The smallest absolute Gasteiger partial charge is 0.338 e. The second-order valence-corrected chi connectivity index (χ2v) is 7.87. The van der Waals surface area contributed by atoms with E-state index in [0.29, 0.717) is 10.6 Å². The topological polar surface area (TPSA) is 56.3 Å². The predicted molar refractivity (Wildman–Crippen MR) is 99.0 cm³/mol. The number of benzene rings is 2. The van der Waals surface area contributed by atoms with Crippen LogP contribution in [0.3, 0.4) is 0 Å². The number of Topliss-reactive ketones (excluding diaryl/α,β-unsaturated/α-hetero) is 1. The molecule has 1 heterocycles. The minimum atomic E-state index is -0.481. The van der Waals surface area contributed by atoms with Gasteiger partial charge in [-0.05, 0) is 23.8 Å². The third-order valence-electron chi connectivity index (χ3n) is 3.71. The fourth-order valence-electron chi connectivity index (χ4n) is 2.28. The van der Waals surface area contributed by atoms with Gasteiger partial charge in [0.05, 0.1) is 15.8 Å². The molecule has 0 radical (unpaired) electrons. The quantitative estimate of drug-likeness (QED) is 0.495. The number of esters is 1. The van der Waals surface area contributed by atoms with Gasteiger partial charge in [-0.1, -0.05) is 51.1 Å². The van der Waals surface area contributed by atoms with Gasteiger partial charge in [0.2, 0.25) is 0 Å². The zero-order chi connectivity index (χ0) is 18.0. The Hall–Kier alpha value is -2.53. The van der Waals surface area contributed by atoms with Crippen molar-refractivity contribution >= 4 is 33.3 Å². The maximum Gasteiger partial charge on any atom is 0.338 e. The van der Waals surface area contributed by atoms with Gasteiger partial charge in [-0.2, -0.15) is 0 Å². The molecule has 0 atom stereocenters. The Morgan fingerprint density at radius 3 is 2.48 bits per heavy atom. The number of aromatic nitrogens is 1. The lowest BCUT2D eigenvalue weighted by molar-refractivity contribution is 0.0473. The van der Waals surface area contributed by atoms with E-state index in [1.54, 1.807) is 18.2 Å². The van der Waals surface area contributed by atoms with Crippen LogP contribution in [0.25, 0.3) is 10.2 Å². The minimum Gasteiger partial charge on any atom is -0.457 e. The molecule has 0 aliphatic rings. The minimum absolute atomic E-state index is 0.00176. The summed E-state index contributed by atoms with van der Waals surface area (Å²) >= 11 is 1.31. The number of fused-ring (bicyclic) bond motifs is 1. The third-order valence-corrected chi connectivity index (χ3v) is 4.73. The average molecular weight is 353 g/mol. The van der Waals surface area contributed by atoms with Gasteiger partial charge in [-0.15, -0.1) is 11.3 Å². The molecule has 0 N–H and O–H groups in total. The van der Waals surface area contributed by atoms with Crippen molar-refractivity contribution in [2.24, 2.45) is 5.41 Å². The van der Waals surface area contributed by atoms with Crippen LogP contribution in [0.5, 0.6) is 0 Å². The molecule has 0 aliphatic carbocycles. The molecule has 4 nitrogen and oxygen atoms in total. The van der Waals surface area contributed by atoms with E-state index in [0.717, 1.165) is 15.8 Å². The molecule has 2 aromatic carbocycles. The van der Waals surface area contributed by atoms with Gasteiger partial charge in [0, 0.05) is 5.41 Å². The van der Waals surface area contributed by atoms with E-state index in [1.165, 1.54) is 11.3 Å². The summed E-state index contributed by atoms with van der Waals surface area (Å²) in [4.78, 5) is 29.0. The summed E-state index contributed by atoms with van der Waals surface area (Å²) in [5.74, 6) is -0.384. The van der Waals surface area contributed by atoms with Crippen molar-refractivity contribution in [1.82, 2.24) is 4.98 Å². The van der Waals surface area contributed by atoms with Gasteiger partial charge in [0.1, 0.15) is 6.61 Å². The maximum atomic E-state index is 12.4. The first-order valence-corrected chi connectivity index (χ1v) is 8.83. The molecule has 1 aromatic heterocycles. The van der Waals surface area contributed by atoms with Gasteiger partial charge in [-0.3, -0.25) is 4.79 Å². The second kappa shape index (κ2) is 6.76. The molecule has 0 unspecified atom stereocenters. The predicted octanol–water partition coefficient (Wildman–Crippen LogP) is 4.88. The summed E-state index contributed by atoms with van der Waals surface area (Å²) < 4.78 is 6.16. The number of thiazole rings is 1. The molecule has 25 heavy (non-hydrogen) atoms. The van der Waals surface area contributed by atoms with Gasteiger partial charge in [-0.25, -0.2) is 9.78 Å². The Balaban J connectivity index is 1.78. The van der Waals surface area contributed by atoms with Crippen molar-refractivity contribution in [2.75, 3.05) is 0 Å². The van der Waals surface area contributed by atoms with Gasteiger partial charge in [0.15, 0.2) is 10.8 Å². The molecule has 5 heteroatoms. The summed E-state index contributed by atoms with van der Waals surface area (Å²) in [5, 5.41) is 0.470. The van der Waals surface area contributed by atoms with E-state index in [-0.39, 0.29) is 18.4 Å². The summed E-state index contributed by atoms with van der Waals surface area (Å²) in [6, 6.07) is 14.7. The first-order chi connectivity index (χ1) is 11.8. The first kappa shape index (κ1) is 17.3. The normalized spacial score (nSPS) is 11.5. The lowest BCUT2D eigenvalue weighted by atomic mass is 9.91. The van der Waals surface area contributed by atoms with E-state index in [1.807, 2.05) is 51.1 Å². The number of hydrogen-bond donors (Lipinski definition) is 0. The number of ketones is 1. The average Bonchev–Trinajstić information content (AvgIpc) is 3.02. The molecule has 0 bridgehead atoms. The molecule has 0 saturated carbocycles. The fourth-order valence-corrected chi connectivity index (χ4v) is 3.43. The van der Waals surface area contributed by atoms with Gasteiger partial charge < -0.3 is 4.74 Å². The maximum absolute atomic E-state index is 12.4. The van der Waals surface area contributed by atoms with Crippen LogP contribution in [0, 0.1) is 5.41 Å². The van der Waals surface area contributed by atoms with Crippen LogP contribution in [0.1, 0.15) is 46.5 Å². The van der Waals surface area contributed by atoms with Gasteiger partial charge in [0.25, 0.3) is 0 Å². The summed E-state index contributed by atoms with van der Waals surface area (Å²) in [7, 11) is 0. The molecular formula is C20H19NO3S. The van der Waals surface area contributed by atoms with Crippen molar-refractivity contribution in [3.05, 3.63) is 64.7 Å². The highest BCUT2D eigenvalue weighted by Gasteiger charge is 2.26. The monoisotopic (exact) mass is 353 g/mol. The Morgan fingerprint density at radius 2 is 1.80 bits per heavy atom. The van der Waals surface area contributed by atoms with Crippen LogP contribution in [0.2, 0.25) is 0 Å². The Kier molecular flexibility index (Phi) is 4.68. The van der Waals surface area contributed by atoms with E-state index in [9.17, 15) is 9.59 Å². The van der Waals surface area contributed by atoms with Crippen LogP contribution >= 0.6 is 11.3 Å². The van der Waals surface area contributed by atoms with Crippen LogP contribution in [0.15, 0.2) is 48.5 Å². The zero-order valence-corrected chi connectivity index (χ0v) is 15.2. The standard InChI is InChI=1S/C20H19NO3S/c1-20(2,3)17(22)18-21-15-10-9-14(11-16(15)25-18)19(23)24-12-13-7-5-4-6-8-13/h4-11H,12H2,1-3H3. The van der Waals surface area contributed by atoms with Crippen molar-refractivity contribution in [1.29, 1.82) is 0 Å². The van der Waals surface area contributed by atoms with Crippen molar-refractivity contribution in [3.63, 3.8) is 0 Å². The lowest BCUT2D eigenvalue weighted by Crippen LogP contribution is -2.19. The Labute approximate surface area is 150 Å². The summed E-state index contributed by atoms with van der Waals surface area (Å²) in [6.07, 6.45) is 0. The summed E-state index contributed by atoms with van der Waals surface area (Å²) in [6.45, 7) is 5.84. The van der Waals surface area contributed by atoms with E-state index in [2.05, 4.69) is 4.98 Å². The fraction of sp³-hybridized carbons (Fsp3) is 0.250. The molecule has 3 aromatic rings. The lowest BCUT2D eigenvalue weighted by Gasteiger charge is -2.13. The van der Waals surface area contributed by atoms with Crippen LogP contribution in [0.4, 0.5) is 0 Å². The Morgan fingerprint density at radius 1 is 1.08 bits per heavy atom. The van der Waals surface area contributed by atoms with Crippen LogP contribution in [-0.2, 0) is 11.3 Å². The SMILES string of the molecule is CC(C)(C)C(=O)c1nc2ccc(C(=O)OCc3ccccc3)cc2s1. The number of ether oxygens (including phenoxy) is 1. The van der Waals surface area contributed by atoms with Crippen molar-refractivity contribution < 1.29 is 14.3 Å². The number of carbonyl (C=O) groups excluding carboxylic acids is 2. The molecule has 0 saturated heterocycles. The number of rotatable bonds is 4. The summed E-state index contributed by atoms with van der Waals surface area (Å²) in [5.41, 5.74) is 1.64. The third kappa shape index (κ3) is 3.94. The number of carbonyl (C=O) groups is 2. The number of nitrogens with zero attached hydrogens (tertiary/aromatic N) is 1. The molecule has 0 fully saturated rings. The molecular weight excluding hydrogens is 334 g/mol. The molecule has 128 valence electrons. The largest absolute Gasteiger partial charge is 0.457 e. The van der Waals surface area contributed by atoms with Crippen molar-refractivity contribution in [2.45, 2.75) is 27.4 Å². The highest BCUT2D eigenvalue weighted by atomic mass is 32.1.